The highest BCUT2D eigenvalue weighted by Crippen LogP contribution is 2.44. The Morgan fingerprint density at radius 3 is 2.56 bits per heavy atom. The van der Waals surface area contributed by atoms with Crippen LogP contribution in [0.15, 0.2) is 18.2 Å². The van der Waals surface area contributed by atoms with Crippen molar-refractivity contribution in [2.24, 2.45) is 0 Å². The van der Waals surface area contributed by atoms with Crippen molar-refractivity contribution in [3.8, 4) is 5.75 Å². The number of carbonyl (C=O) groups excluding carboxylic acids is 1. The van der Waals surface area contributed by atoms with Crippen LogP contribution >= 0.6 is 0 Å². The molecule has 0 radical (unpaired) electrons. The molecule has 0 fully saturated rings. The van der Waals surface area contributed by atoms with Crippen LogP contribution in [-0.2, 0) is 5.41 Å². The van der Waals surface area contributed by atoms with E-state index in [-0.39, 0.29) is 11.2 Å². The van der Waals surface area contributed by atoms with E-state index in [0.717, 1.165) is 24.2 Å². The molecule has 0 spiro atoms. The quantitative estimate of drug-likeness (QED) is 0.777. The molecular weight excluding hydrogens is 200 g/mol. The Morgan fingerprint density at radius 1 is 1.31 bits per heavy atom. The maximum absolute atomic E-state index is 12.0. The molecule has 16 heavy (non-hydrogen) atoms. The number of hydrogen-bond donors (Lipinski definition) is 0. The fraction of sp³-hybridized carbons (Fsp3) is 0.500. The van der Waals surface area contributed by atoms with Gasteiger partial charge >= 0.3 is 0 Å². The molecule has 1 aliphatic rings. The molecule has 0 N–H and O–H groups in total. The van der Waals surface area contributed by atoms with E-state index in [1.165, 1.54) is 5.56 Å². The maximum Gasteiger partial charge on any atom is 0.164 e. The fourth-order valence-electron chi connectivity index (χ4n) is 2.72. The molecule has 86 valence electrons. The number of hydrogen-bond acceptors (Lipinski definition) is 2. The summed E-state index contributed by atoms with van der Waals surface area (Å²) >= 11 is 0. The highest BCUT2D eigenvalue weighted by atomic mass is 16.5. The van der Waals surface area contributed by atoms with Gasteiger partial charge in [-0.05, 0) is 30.5 Å². The van der Waals surface area contributed by atoms with Gasteiger partial charge in [0.25, 0.3) is 0 Å². The summed E-state index contributed by atoms with van der Waals surface area (Å²) in [4.78, 5) is 12.0. The van der Waals surface area contributed by atoms with Crippen molar-refractivity contribution in [1.29, 1.82) is 0 Å². The number of Topliss-reactive ketones (excluding diaryl/α,β-unsaturated/α-hetero) is 1. The summed E-state index contributed by atoms with van der Waals surface area (Å²) in [6, 6.07) is 5.90. The molecule has 0 aliphatic heterocycles. The van der Waals surface area contributed by atoms with Crippen LogP contribution < -0.4 is 4.74 Å². The van der Waals surface area contributed by atoms with Crippen molar-refractivity contribution >= 4 is 5.78 Å². The number of benzene rings is 1. The maximum atomic E-state index is 12.0. The van der Waals surface area contributed by atoms with Crippen LogP contribution in [0, 0.1) is 0 Å². The minimum atomic E-state index is 0.0681. The first-order chi connectivity index (χ1) is 7.66. The van der Waals surface area contributed by atoms with Gasteiger partial charge < -0.3 is 4.74 Å². The highest BCUT2D eigenvalue weighted by molar-refractivity contribution is 6.02. The Labute approximate surface area is 96.6 Å². The molecule has 0 unspecified atom stereocenters. The second-order valence-corrected chi connectivity index (χ2v) is 4.50. The summed E-state index contributed by atoms with van der Waals surface area (Å²) in [6.07, 6.45) is 2.70. The Kier molecular flexibility index (Phi) is 2.75. The van der Waals surface area contributed by atoms with Crippen molar-refractivity contribution in [3.05, 3.63) is 29.3 Å². The van der Waals surface area contributed by atoms with Gasteiger partial charge in [0.2, 0.25) is 0 Å². The lowest BCUT2D eigenvalue weighted by Crippen LogP contribution is -2.21. The van der Waals surface area contributed by atoms with Crippen molar-refractivity contribution < 1.29 is 9.53 Å². The first-order valence-electron chi connectivity index (χ1n) is 5.88. The molecule has 0 heterocycles. The molecule has 2 heteroatoms. The zero-order chi connectivity index (χ0) is 11.8. The number of methoxy groups -OCH3 is 1. The average Bonchev–Trinajstić information content (AvgIpc) is 2.62. The van der Waals surface area contributed by atoms with Gasteiger partial charge in [-0.25, -0.2) is 0 Å². The van der Waals surface area contributed by atoms with E-state index in [0.29, 0.717) is 6.42 Å². The van der Waals surface area contributed by atoms with Gasteiger partial charge in [-0.1, -0.05) is 19.9 Å². The van der Waals surface area contributed by atoms with E-state index in [9.17, 15) is 4.79 Å². The molecular formula is C14H18O2. The van der Waals surface area contributed by atoms with Crippen molar-refractivity contribution in [1.82, 2.24) is 0 Å². The molecule has 1 aromatic carbocycles. The molecule has 1 aliphatic carbocycles. The monoisotopic (exact) mass is 218 g/mol. The molecule has 0 bridgehead atoms. The van der Waals surface area contributed by atoms with E-state index in [1.54, 1.807) is 7.11 Å². The Morgan fingerprint density at radius 2 is 2.00 bits per heavy atom. The number of ketones is 1. The van der Waals surface area contributed by atoms with Crippen LogP contribution in [0.1, 0.15) is 49.0 Å². The summed E-state index contributed by atoms with van der Waals surface area (Å²) in [7, 11) is 1.63. The second kappa shape index (κ2) is 3.93. The van der Waals surface area contributed by atoms with Crippen molar-refractivity contribution in [3.63, 3.8) is 0 Å². The first kappa shape index (κ1) is 11.2. The summed E-state index contributed by atoms with van der Waals surface area (Å²) in [5, 5.41) is 0. The predicted molar refractivity (Wildman–Crippen MR) is 64.2 cm³/mol. The number of ether oxygens (including phenoxy) is 1. The summed E-state index contributed by atoms with van der Waals surface area (Å²) in [6.45, 7) is 4.33. The molecule has 0 amide bonds. The normalized spacial score (nSPS) is 17.3. The third-order valence-corrected chi connectivity index (χ3v) is 3.95. The fourth-order valence-corrected chi connectivity index (χ4v) is 2.72. The van der Waals surface area contributed by atoms with Crippen LogP contribution in [0.25, 0.3) is 0 Å². The van der Waals surface area contributed by atoms with Gasteiger partial charge in [0, 0.05) is 17.4 Å². The average molecular weight is 218 g/mol. The number of carbonyl (C=O) groups is 1. The van der Waals surface area contributed by atoms with Crippen molar-refractivity contribution in [2.45, 2.75) is 38.5 Å². The summed E-state index contributed by atoms with van der Waals surface area (Å²) in [5.74, 6) is 1.03. The Balaban J connectivity index is 2.55. The van der Waals surface area contributed by atoms with E-state index >= 15 is 0 Å². The lowest BCUT2D eigenvalue weighted by Gasteiger charge is -2.26. The van der Waals surface area contributed by atoms with Crippen LogP contribution in [0.4, 0.5) is 0 Å². The lowest BCUT2D eigenvalue weighted by atomic mass is 9.77. The van der Waals surface area contributed by atoms with Crippen LogP contribution in [0.2, 0.25) is 0 Å². The second-order valence-electron chi connectivity index (χ2n) is 4.50. The van der Waals surface area contributed by atoms with Crippen LogP contribution in [0.3, 0.4) is 0 Å². The van der Waals surface area contributed by atoms with Crippen LogP contribution in [-0.4, -0.2) is 12.9 Å². The van der Waals surface area contributed by atoms with Gasteiger partial charge in [0.1, 0.15) is 5.75 Å². The van der Waals surface area contributed by atoms with Gasteiger partial charge in [0.05, 0.1) is 7.11 Å². The minimum absolute atomic E-state index is 0.0681. The van der Waals surface area contributed by atoms with E-state index in [1.807, 2.05) is 12.1 Å². The zero-order valence-corrected chi connectivity index (χ0v) is 10.2. The summed E-state index contributed by atoms with van der Waals surface area (Å²) < 4.78 is 5.17. The lowest BCUT2D eigenvalue weighted by molar-refractivity contribution is 0.0970. The van der Waals surface area contributed by atoms with Gasteiger partial charge in [-0.2, -0.15) is 0 Å². The van der Waals surface area contributed by atoms with Gasteiger partial charge in [-0.15, -0.1) is 0 Å². The zero-order valence-electron chi connectivity index (χ0n) is 10.2. The number of rotatable bonds is 3. The standard InChI is InChI=1S/C14H18O2/c1-4-14(5-2)9-13(15)11-8-10(16-3)6-7-12(11)14/h6-8H,4-5,9H2,1-3H3. The largest absolute Gasteiger partial charge is 0.497 e. The third-order valence-electron chi connectivity index (χ3n) is 3.95. The Hall–Kier alpha value is -1.31. The Bertz CT molecular complexity index is 417. The van der Waals surface area contributed by atoms with E-state index < -0.39 is 0 Å². The first-order valence-corrected chi connectivity index (χ1v) is 5.88. The molecule has 1 aromatic rings. The minimum Gasteiger partial charge on any atom is -0.497 e. The predicted octanol–water partition coefficient (Wildman–Crippen LogP) is 3.34. The molecule has 0 saturated heterocycles. The smallest absolute Gasteiger partial charge is 0.164 e. The number of fused-ring (bicyclic) bond motifs is 1. The molecule has 0 aromatic heterocycles. The van der Waals surface area contributed by atoms with Crippen molar-refractivity contribution in [2.75, 3.05) is 7.11 Å². The topological polar surface area (TPSA) is 26.3 Å². The molecule has 0 atom stereocenters. The molecule has 0 saturated carbocycles. The van der Waals surface area contributed by atoms with E-state index in [2.05, 4.69) is 19.9 Å². The van der Waals surface area contributed by atoms with Crippen LogP contribution in [0.5, 0.6) is 5.75 Å². The van der Waals surface area contributed by atoms with E-state index in [4.69, 9.17) is 4.74 Å². The third kappa shape index (κ3) is 1.44. The highest BCUT2D eigenvalue weighted by Gasteiger charge is 2.40. The van der Waals surface area contributed by atoms with Gasteiger partial charge in [0.15, 0.2) is 5.78 Å². The van der Waals surface area contributed by atoms with Gasteiger partial charge in [-0.3, -0.25) is 4.79 Å². The molecule has 2 nitrogen and oxygen atoms in total. The molecule has 2 rings (SSSR count). The summed E-state index contributed by atoms with van der Waals surface area (Å²) in [5.41, 5.74) is 2.14. The SMILES string of the molecule is CCC1(CC)CC(=O)c2cc(OC)ccc21.